The summed E-state index contributed by atoms with van der Waals surface area (Å²) >= 11 is 0. The van der Waals surface area contributed by atoms with Crippen LogP contribution in [0.15, 0.2) is 88.3 Å². The second kappa shape index (κ2) is 9.31. The average Bonchev–Trinajstić information content (AvgIpc) is 3.32. The van der Waals surface area contributed by atoms with Crippen LogP contribution < -0.4 is 5.43 Å². The second-order valence-corrected chi connectivity index (χ2v) is 7.38. The summed E-state index contributed by atoms with van der Waals surface area (Å²) in [5.74, 6) is -0.0574. The van der Waals surface area contributed by atoms with Gasteiger partial charge in [0.15, 0.2) is 5.69 Å². The molecule has 9 nitrogen and oxygen atoms in total. The van der Waals surface area contributed by atoms with E-state index in [0.717, 1.165) is 5.56 Å². The van der Waals surface area contributed by atoms with Crippen LogP contribution in [0.2, 0.25) is 0 Å². The molecule has 0 aliphatic heterocycles. The van der Waals surface area contributed by atoms with E-state index >= 15 is 0 Å². The minimum absolute atomic E-state index is 0.126. The highest BCUT2D eigenvalue weighted by molar-refractivity contribution is 5.92. The highest BCUT2D eigenvalue weighted by atomic mass is 16.6. The molecule has 4 aromatic rings. The predicted molar refractivity (Wildman–Crippen MR) is 120 cm³/mol. The molecule has 1 amide bonds. The Balaban J connectivity index is 1.77. The Kier molecular flexibility index (Phi) is 6.12. The number of carbonyl (C=O) groups excluding carboxylic acids is 1. The lowest BCUT2D eigenvalue weighted by Gasteiger charge is -2.22. The van der Waals surface area contributed by atoms with E-state index in [1.165, 1.54) is 40.1 Å². The van der Waals surface area contributed by atoms with Crippen LogP contribution in [0.3, 0.4) is 0 Å². The molecule has 0 atom stereocenters. The minimum atomic E-state index is -0.604. The average molecular weight is 444 g/mol. The summed E-state index contributed by atoms with van der Waals surface area (Å²) < 4.78 is 6.65. The molecule has 0 aliphatic rings. The summed E-state index contributed by atoms with van der Waals surface area (Å²) in [7, 11) is 0. The maximum Gasteiger partial charge on any atom is 0.294 e. The van der Waals surface area contributed by atoms with E-state index in [1.54, 1.807) is 25.1 Å². The van der Waals surface area contributed by atoms with E-state index < -0.39 is 16.3 Å². The standard InChI is InChI=1S/C24H20N4O5/c1-17-14-22(29)23(25-27(17)20-11-5-6-12-21(20)28(31)32)24(30)26(16-19-10-7-13-33-19)15-18-8-3-2-4-9-18/h2-14H,15-16H2,1H3. The van der Waals surface area contributed by atoms with Crippen molar-refractivity contribution in [3.8, 4) is 5.69 Å². The van der Waals surface area contributed by atoms with E-state index in [1.807, 2.05) is 30.3 Å². The number of nitro benzene ring substituents is 1. The van der Waals surface area contributed by atoms with E-state index in [9.17, 15) is 19.7 Å². The third-order valence-electron chi connectivity index (χ3n) is 5.05. The Labute approximate surface area is 188 Å². The molecule has 2 aromatic heterocycles. The number of aromatic nitrogens is 2. The first-order valence-corrected chi connectivity index (χ1v) is 10.1. The van der Waals surface area contributed by atoms with Gasteiger partial charge in [-0.05, 0) is 30.7 Å². The molecule has 166 valence electrons. The van der Waals surface area contributed by atoms with E-state index in [0.29, 0.717) is 11.5 Å². The van der Waals surface area contributed by atoms with Gasteiger partial charge >= 0.3 is 0 Å². The van der Waals surface area contributed by atoms with Gasteiger partial charge < -0.3 is 9.32 Å². The van der Waals surface area contributed by atoms with Gasteiger partial charge in [-0.3, -0.25) is 19.7 Å². The van der Waals surface area contributed by atoms with Gasteiger partial charge in [0.05, 0.1) is 17.7 Å². The van der Waals surface area contributed by atoms with Crippen LogP contribution in [0.1, 0.15) is 27.5 Å². The fraction of sp³-hybridized carbons (Fsp3) is 0.125. The Hall–Kier alpha value is -4.53. The molecule has 0 saturated heterocycles. The maximum absolute atomic E-state index is 13.5. The van der Waals surface area contributed by atoms with Gasteiger partial charge in [0.1, 0.15) is 11.4 Å². The van der Waals surface area contributed by atoms with Crippen molar-refractivity contribution in [1.29, 1.82) is 0 Å². The van der Waals surface area contributed by atoms with Crippen molar-refractivity contribution < 1.29 is 14.1 Å². The number of furan rings is 1. The molecule has 9 heteroatoms. The minimum Gasteiger partial charge on any atom is -0.467 e. The Morgan fingerprint density at radius 1 is 1.06 bits per heavy atom. The topological polar surface area (TPSA) is 111 Å². The molecule has 0 unspecified atom stereocenters. The van der Waals surface area contributed by atoms with Gasteiger partial charge in [0.25, 0.3) is 11.6 Å². The molecular formula is C24H20N4O5. The lowest BCUT2D eigenvalue weighted by molar-refractivity contribution is -0.384. The predicted octanol–water partition coefficient (Wildman–Crippen LogP) is 3.88. The number of benzene rings is 2. The summed E-state index contributed by atoms with van der Waals surface area (Å²) in [6, 6.07) is 20.1. The van der Waals surface area contributed by atoms with Crippen molar-refractivity contribution in [3.05, 3.63) is 122 Å². The Bertz CT molecular complexity index is 1350. The van der Waals surface area contributed by atoms with Gasteiger partial charge in [0, 0.05) is 24.4 Å². The van der Waals surface area contributed by atoms with Crippen LogP contribution in [0.25, 0.3) is 5.69 Å². The number of nitrogens with zero attached hydrogens (tertiary/aromatic N) is 4. The number of hydrogen-bond donors (Lipinski definition) is 0. The second-order valence-electron chi connectivity index (χ2n) is 7.38. The molecule has 2 heterocycles. The van der Waals surface area contributed by atoms with Gasteiger partial charge in [-0.25, -0.2) is 4.68 Å². The summed E-state index contributed by atoms with van der Waals surface area (Å²) in [5.41, 5.74) is 0.308. The van der Waals surface area contributed by atoms with Crippen molar-refractivity contribution in [2.45, 2.75) is 20.0 Å². The Morgan fingerprint density at radius 3 is 2.48 bits per heavy atom. The van der Waals surface area contributed by atoms with E-state index in [-0.39, 0.29) is 30.2 Å². The van der Waals surface area contributed by atoms with Gasteiger partial charge in [-0.15, -0.1) is 0 Å². The first-order chi connectivity index (χ1) is 15.9. The number of nitro groups is 1. The molecule has 0 saturated carbocycles. The molecule has 4 rings (SSSR count). The van der Waals surface area contributed by atoms with Crippen molar-refractivity contribution in [3.63, 3.8) is 0 Å². The van der Waals surface area contributed by atoms with Crippen LogP contribution >= 0.6 is 0 Å². The third kappa shape index (κ3) is 4.72. The van der Waals surface area contributed by atoms with E-state index in [2.05, 4.69) is 5.10 Å². The zero-order chi connectivity index (χ0) is 23.4. The number of para-hydroxylation sites is 2. The van der Waals surface area contributed by atoms with Crippen molar-refractivity contribution in [2.24, 2.45) is 0 Å². The molecule has 0 spiro atoms. The van der Waals surface area contributed by atoms with Crippen molar-refractivity contribution in [2.75, 3.05) is 0 Å². The SMILES string of the molecule is Cc1cc(=O)c(C(=O)N(Cc2ccccc2)Cc2ccco2)nn1-c1ccccc1[N+](=O)[O-]. The maximum atomic E-state index is 13.5. The number of rotatable bonds is 7. The largest absolute Gasteiger partial charge is 0.467 e. The first kappa shape index (κ1) is 21.7. The van der Waals surface area contributed by atoms with Crippen LogP contribution in [-0.2, 0) is 13.1 Å². The smallest absolute Gasteiger partial charge is 0.294 e. The number of hydrogen-bond acceptors (Lipinski definition) is 6. The van der Waals surface area contributed by atoms with Crippen molar-refractivity contribution in [1.82, 2.24) is 14.7 Å². The van der Waals surface area contributed by atoms with Crippen LogP contribution in [-0.4, -0.2) is 25.5 Å². The summed E-state index contributed by atoms with van der Waals surface area (Å²) in [6.07, 6.45) is 1.51. The lowest BCUT2D eigenvalue weighted by atomic mass is 10.2. The first-order valence-electron chi connectivity index (χ1n) is 10.1. The lowest BCUT2D eigenvalue weighted by Crippen LogP contribution is -2.35. The van der Waals surface area contributed by atoms with Crippen LogP contribution in [0.5, 0.6) is 0 Å². The fourth-order valence-electron chi connectivity index (χ4n) is 3.48. The highest BCUT2D eigenvalue weighted by Gasteiger charge is 2.25. The van der Waals surface area contributed by atoms with Gasteiger partial charge in [0.2, 0.25) is 5.43 Å². The monoisotopic (exact) mass is 444 g/mol. The molecule has 0 N–H and O–H groups in total. The normalized spacial score (nSPS) is 10.7. The van der Waals surface area contributed by atoms with Gasteiger partial charge in [-0.1, -0.05) is 42.5 Å². The number of aryl methyl sites for hydroxylation is 1. The quantitative estimate of drug-likeness (QED) is 0.316. The molecule has 0 bridgehead atoms. The van der Waals surface area contributed by atoms with Crippen molar-refractivity contribution >= 4 is 11.6 Å². The molecule has 33 heavy (non-hydrogen) atoms. The number of amides is 1. The van der Waals surface area contributed by atoms with Gasteiger partial charge in [-0.2, -0.15) is 5.10 Å². The molecule has 0 fully saturated rings. The molecule has 0 aliphatic carbocycles. The van der Waals surface area contributed by atoms with Crippen LogP contribution in [0, 0.1) is 17.0 Å². The summed E-state index contributed by atoms with van der Waals surface area (Å²) in [5, 5.41) is 15.8. The molecular weight excluding hydrogens is 424 g/mol. The van der Waals surface area contributed by atoms with Crippen LogP contribution in [0.4, 0.5) is 5.69 Å². The Morgan fingerprint density at radius 2 is 1.79 bits per heavy atom. The summed E-state index contributed by atoms with van der Waals surface area (Å²) in [4.78, 5) is 38.7. The summed E-state index contributed by atoms with van der Waals surface area (Å²) in [6.45, 7) is 1.95. The molecule has 0 radical (unpaired) electrons. The fourth-order valence-corrected chi connectivity index (χ4v) is 3.48. The highest BCUT2D eigenvalue weighted by Crippen LogP contribution is 2.22. The zero-order valence-electron chi connectivity index (χ0n) is 17.7. The van der Waals surface area contributed by atoms with E-state index in [4.69, 9.17) is 4.42 Å². The molecule has 2 aromatic carbocycles. The number of carbonyl (C=O) groups is 1. The zero-order valence-corrected chi connectivity index (χ0v) is 17.7. The third-order valence-corrected chi connectivity index (χ3v) is 5.05.